The number of thioether (sulfide) groups is 1. The molecule has 1 atom stereocenters. The highest BCUT2D eigenvalue weighted by Crippen LogP contribution is 2.45. The number of amides is 1. The van der Waals surface area contributed by atoms with Gasteiger partial charge in [0.25, 0.3) is 0 Å². The lowest BCUT2D eigenvalue weighted by molar-refractivity contribution is -0.115. The molecule has 1 heterocycles. The van der Waals surface area contributed by atoms with Crippen LogP contribution in [0.5, 0.6) is 5.75 Å². The van der Waals surface area contributed by atoms with Crippen molar-refractivity contribution in [3.8, 4) is 5.75 Å². The fourth-order valence-corrected chi connectivity index (χ4v) is 4.74. The number of ether oxygens (including phenoxy) is 1. The molecule has 0 N–H and O–H groups in total. The molecule has 1 saturated heterocycles. The van der Waals surface area contributed by atoms with Crippen molar-refractivity contribution in [1.82, 2.24) is 0 Å². The standard InChI is InChI=1S/C22H16Cl3NO2S/c23-15-3-1-14(2-4-15)12-28-20-10-7-17(25)11-19(20)22-26(21(27)13-29-22)18-8-5-16(24)6-9-18/h1-11,22H,12-13H2/t22-/m1/s1. The Morgan fingerprint density at radius 3 is 2.21 bits per heavy atom. The second-order valence-electron chi connectivity index (χ2n) is 6.50. The second kappa shape index (κ2) is 8.88. The van der Waals surface area contributed by atoms with Gasteiger partial charge in [0.05, 0.1) is 5.75 Å². The molecule has 0 unspecified atom stereocenters. The molecule has 3 aromatic rings. The van der Waals surface area contributed by atoms with Gasteiger partial charge in [0, 0.05) is 26.3 Å². The summed E-state index contributed by atoms with van der Waals surface area (Å²) < 4.78 is 6.09. The molecule has 7 heteroatoms. The molecule has 0 aliphatic carbocycles. The van der Waals surface area contributed by atoms with E-state index < -0.39 is 0 Å². The maximum absolute atomic E-state index is 12.6. The molecule has 3 nitrogen and oxygen atoms in total. The summed E-state index contributed by atoms with van der Waals surface area (Å²) in [4.78, 5) is 14.4. The van der Waals surface area contributed by atoms with Crippen molar-refractivity contribution in [3.05, 3.63) is 92.9 Å². The van der Waals surface area contributed by atoms with Crippen LogP contribution in [-0.4, -0.2) is 11.7 Å². The van der Waals surface area contributed by atoms with Gasteiger partial charge >= 0.3 is 0 Å². The minimum absolute atomic E-state index is 0.0333. The zero-order valence-corrected chi connectivity index (χ0v) is 18.2. The van der Waals surface area contributed by atoms with Gasteiger partial charge in [0.1, 0.15) is 17.7 Å². The Hall–Kier alpha value is -1.85. The maximum Gasteiger partial charge on any atom is 0.238 e. The van der Waals surface area contributed by atoms with Gasteiger partial charge in [-0.2, -0.15) is 0 Å². The summed E-state index contributed by atoms with van der Waals surface area (Å²) in [6.45, 7) is 0.387. The molecular formula is C22H16Cl3NO2S. The summed E-state index contributed by atoms with van der Waals surface area (Å²) in [6.07, 6.45) is 0. The summed E-state index contributed by atoms with van der Waals surface area (Å²) >= 11 is 19.8. The number of halogens is 3. The molecule has 0 aromatic heterocycles. The van der Waals surface area contributed by atoms with E-state index in [1.807, 2.05) is 48.5 Å². The topological polar surface area (TPSA) is 29.5 Å². The molecule has 1 aliphatic heterocycles. The number of hydrogen-bond donors (Lipinski definition) is 0. The summed E-state index contributed by atoms with van der Waals surface area (Å²) in [6, 6.07) is 20.2. The molecule has 3 aromatic carbocycles. The van der Waals surface area contributed by atoms with Crippen LogP contribution in [0.25, 0.3) is 0 Å². The molecule has 1 fully saturated rings. The Bertz CT molecular complexity index is 1030. The number of carbonyl (C=O) groups excluding carboxylic acids is 1. The lowest BCUT2D eigenvalue weighted by Crippen LogP contribution is -2.28. The zero-order valence-electron chi connectivity index (χ0n) is 15.1. The third kappa shape index (κ3) is 4.67. The van der Waals surface area contributed by atoms with Gasteiger partial charge < -0.3 is 4.74 Å². The average Bonchev–Trinajstić information content (AvgIpc) is 3.10. The molecule has 0 saturated carbocycles. The normalized spacial score (nSPS) is 16.3. The first-order chi connectivity index (χ1) is 14.0. The lowest BCUT2D eigenvalue weighted by atomic mass is 10.1. The van der Waals surface area contributed by atoms with Crippen LogP contribution in [0.3, 0.4) is 0 Å². The Morgan fingerprint density at radius 2 is 1.52 bits per heavy atom. The van der Waals surface area contributed by atoms with E-state index in [0.717, 1.165) is 16.8 Å². The van der Waals surface area contributed by atoms with Crippen LogP contribution in [-0.2, 0) is 11.4 Å². The SMILES string of the molecule is O=C1CS[C@H](c2cc(Cl)ccc2OCc2ccc(Cl)cc2)N1c1ccc(Cl)cc1. The highest BCUT2D eigenvalue weighted by molar-refractivity contribution is 8.00. The monoisotopic (exact) mass is 463 g/mol. The van der Waals surface area contributed by atoms with Crippen molar-refractivity contribution < 1.29 is 9.53 Å². The fraction of sp³-hybridized carbons (Fsp3) is 0.136. The second-order valence-corrected chi connectivity index (χ2v) is 8.88. The van der Waals surface area contributed by atoms with Crippen molar-refractivity contribution in [2.45, 2.75) is 12.0 Å². The van der Waals surface area contributed by atoms with Crippen LogP contribution in [0.15, 0.2) is 66.7 Å². The van der Waals surface area contributed by atoms with Gasteiger partial charge in [-0.1, -0.05) is 46.9 Å². The van der Waals surface area contributed by atoms with E-state index >= 15 is 0 Å². The van der Waals surface area contributed by atoms with E-state index in [0.29, 0.717) is 33.2 Å². The van der Waals surface area contributed by atoms with Gasteiger partial charge in [0.15, 0.2) is 0 Å². The van der Waals surface area contributed by atoms with Gasteiger partial charge in [-0.25, -0.2) is 0 Å². The molecule has 1 amide bonds. The van der Waals surface area contributed by atoms with E-state index in [9.17, 15) is 4.79 Å². The molecular weight excluding hydrogens is 449 g/mol. The van der Waals surface area contributed by atoms with Crippen LogP contribution in [0, 0.1) is 0 Å². The highest BCUT2D eigenvalue weighted by atomic mass is 35.5. The van der Waals surface area contributed by atoms with Gasteiger partial charge in [-0.3, -0.25) is 9.69 Å². The molecule has 1 aliphatic rings. The fourth-order valence-electron chi connectivity index (χ4n) is 3.12. The lowest BCUT2D eigenvalue weighted by Gasteiger charge is -2.26. The number of hydrogen-bond acceptors (Lipinski definition) is 3. The largest absolute Gasteiger partial charge is 0.489 e. The minimum Gasteiger partial charge on any atom is -0.489 e. The Morgan fingerprint density at radius 1 is 0.897 bits per heavy atom. The van der Waals surface area contributed by atoms with Crippen LogP contribution >= 0.6 is 46.6 Å². The van der Waals surface area contributed by atoms with Gasteiger partial charge in [-0.15, -0.1) is 11.8 Å². The van der Waals surface area contributed by atoms with Crippen molar-refractivity contribution in [2.24, 2.45) is 0 Å². The highest BCUT2D eigenvalue weighted by Gasteiger charge is 2.36. The molecule has 0 radical (unpaired) electrons. The Balaban J connectivity index is 1.64. The summed E-state index contributed by atoms with van der Waals surface area (Å²) in [5.74, 6) is 1.11. The van der Waals surface area contributed by atoms with Gasteiger partial charge in [0.2, 0.25) is 5.91 Å². The third-order valence-corrected chi connectivity index (χ3v) is 6.45. The van der Waals surface area contributed by atoms with Crippen LogP contribution in [0.2, 0.25) is 15.1 Å². The summed E-state index contributed by atoms with van der Waals surface area (Å²) in [5, 5.41) is 1.66. The number of nitrogens with zero attached hydrogens (tertiary/aromatic N) is 1. The Kier molecular flexibility index (Phi) is 6.26. The molecule has 4 rings (SSSR count). The predicted molar refractivity (Wildman–Crippen MR) is 121 cm³/mol. The van der Waals surface area contributed by atoms with Crippen LogP contribution in [0.4, 0.5) is 5.69 Å². The molecule has 0 spiro atoms. The first-order valence-corrected chi connectivity index (χ1v) is 11.1. The quantitative estimate of drug-likeness (QED) is 0.407. The average molecular weight is 465 g/mol. The zero-order chi connectivity index (χ0) is 20.4. The molecule has 29 heavy (non-hydrogen) atoms. The van der Waals surface area contributed by atoms with Crippen molar-refractivity contribution >= 4 is 58.2 Å². The molecule has 0 bridgehead atoms. The first-order valence-electron chi connectivity index (χ1n) is 8.87. The van der Waals surface area contributed by atoms with Crippen molar-refractivity contribution in [1.29, 1.82) is 0 Å². The molecule has 148 valence electrons. The van der Waals surface area contributed by atoms with E-state index in [-0.39, 0.29) is 11.3 Å². The van der Waals surface area contributed by atoms with E-state index in [1.165, 1.54) is 0 Å². The van der Waals surface area contributed by atoms with Crippen LogP contribution < -0.4 is 9.64 Å². The Labute approximate surface area is 188 Å². The summed E-state index contributed by atoms with van der Waals surface area (Å²) in [5.41, 5.74) is 2.65. The predicted octanol–water partition coefficient (Wildman–Crippen LogP) is 7.00. The number of benzene rings is 3. The smallest absolute Gasteiger partial charge is 0.238 e. The van der Waals surface area contributed by atoms with E-state index in [4.69, 9.17) is 39.5 Å². The number of anilines is 1. The van der Waals surface area contributed by atoms with E-state index in [1.54, 1.807) is 34.9 Å². The number of carbonyl (C=O) groups is 1. The third-order valence-electron chi connectivity index (χ3n) is 4.52. The summed E-state index contributed by atoms with van der Waals surface area (Å²) in [7, 11) is 0. The van der Waals surface area contributed by atoms with Crippen molar-refractivity contribution in [2.75, 3.05) is 10.7 Å². The van der Waals surface area contributed by atoms with Crippen molar-refractivity contribution in [3.63, 3.8) is 0 Å². The van der Waals surface area contributed by atoms with Crippen LogP contribution in [0.1, 0.15) is 16.5 Å². The van der Waals surface area contributed by atoms with Gasteiger partial charge in [-0.05, 0) is 60.2 Å². The number of rotatable bonds is 5. The first kappa shape index (κ1) is 20.4. The maximum atomic E-state index is 12.6. The van der Waals surface area contributed by atoms with E-state index in [2.05, 4.69) is 0 Å². The minimum atomic E-state index is -0.234.